The zero-order chi connectivity index (χ0) is 14.0. The maximum absolute atomic E-state index is 13.3. The summed E-state index contributed by atoms with van der Waals surface area (Å²) in [5, 5.41) is 2.47. The first kappa shape index (κ1) is 14.2. The molecule has 4 nitrogen and oxygen atoms in total. The number of carbonyl (C=O) groups excluding carboxylic acids is 1. The summed E-state index contributed by atoms with van der Waals surface area (Å²) in [6, 6.07) is 3.98. The molecule has 0 spiro atoms. The molecule has 98 valence electrons. The fourth-order valence-electron chi connectivity index (χ4n) is 1.25. The molecule has 1 aromatic heterocycles. The van der Waals surface area contributed by atoms with Crippen LogP contribution in [0.1, 0.15) is 10.4 Å². The largest absolute Gasteiger partial charge is 0.305 e. The molecule has 2 aromatic rings. The average molecular weight is 365 g/mol. The fourth-order valence-corrected chi connectivity index (χ4v) is 1.78. The Morgan fingerprint density at radius 3 is 2.74 bits per heavy atom. The first-order valence-electron chi connectivity index (χ1n) is 4.91. The smallest absolute Gasteiger partial charge is 0.256 e. The van der Waals surface area contributed by atoms with Crippen LogP contribution in [-0.4, -0.2) is 15.9 Å². The summed E-state index contributed by atoms with van der Waals surface area (Å²) in [4.78, 5) is 19.3. The van der Waals surface area contributed by atoms with Gasteiger partial charge in [0.2, 0.25) is 0 Å². The second-order valence-electron chi connectivity index (χ2n) is 3.41. The number of amides is 1. The molecule has 0 bridgehead atoms. The third-order valence-electron chi connectivity index (χ3n) is 2.16. The second kappa shape index (κ2) is 5.81. The van der Waals surface area contributed by atoms with E-state index in [0.717, 1.165) is 12.4 Å². The highest BCUT2D eigenvalue weighted by Gasteiger charge is 2.13. The molecule has 1 aromatic carbocycles. The molecule has 0 aliphatic heterocycles. The molecule has 1 amide bonds. The van der Waals surface area contributed by atoms with Crippen molar-refractivity contribution >= 4 is 50.9 Å². The molecule has 0 unspecified atom stereocenters. The van der Waals surface area contributed by atoms with E-state index in [1.54, 1.807) is 0 Å². The van der Waals surface area contributed by atoms with Crippen molar-refractivity contribution in [3.05, 3.63) is 50.6 Å². The highest BCUT2D eigenvalue weighted by Crippen LogP contribution is 2.26. The van der Waals surface area contributed by atoms with Gasteiger partial charge in [0, 0.05) is 5.56 Å². The zero-order valence-corrected chi connectivity index (χ0v) is 12.2. The molecule has 1 heterocycles. The lowest BCUT2D eigenvalue weighted by molar-refractivity contribution is 0.102. The number of hydrogen-bond acceptors (Lipinski definition) is 3. The quantitative estimate of drug-likeness (QED) is 0.821. The number of rotatable bonds is 2. The molecule has 1 N–H and O–H groups in total. The van der Waals surface area contributed by atoms with Gasteiger partial charge < -0.3 is 5.32 Å². The van der Waals surface area contributed by atoms with Crippen molar-refractivity contribution in [1.29, 1.82) is 0 Å². The molecule has 0 aliphatic rings. The van der Waals surface area contributed by atoms with E-state index in [4.69, 9.17) is 23.2 Å². The van der Waals surface area contributed by atoms with E-state index in [9.17, 15) is 9.18 Å². The van der Waals surface area contributed by atoms with E-state index in [-0.39, 0.29) is 26.0 Å². The maximum atomic E-state index is 13.3. The monoisotopic (exact) mass is 363 g/mol. The Hall–Kier alpha value is -1.24. The third-order valence-corrected chi connectivity index (χ3v) is 3.55. The van der Waals surface area contributed by atoms with E-state index >= 15 is 0 Å². The van der Waals surface area contributed by atoms with Crippen LogP contribution >= 0.6 is 39.1 Å². The van der Waals surface area contributed by atoms with Gasteiger partial charge in [0.1, 0.15) is 17.2 Å². The lowest BCUT2D eigenvalue weighted by Gasteiger charge is -2.06. The normalized spacial score (nSPS) is 10.3. The van der Waals surface area contributed by atoms with Gasteiger partial charge in [-0.15, -0.1) is 0 Å². The van der Waals surface area contributed by atoms with Gasteiger partial charge in [-0.05, 0) is 34.1 Å². The summed E-state index contributed by atoms with van der Waals surface area (Å²) in [7, 11) is 0. The van der Waals surface area contributed by atoms with Gasteiger partial charge in [0.15, 0.2) is 11.0 Å². The highest BCUT2D eigenvalue weighted by molar-refractivity contribution is 9.10. The van der Waals surface area contributed by atoms with Crippen LogP contribution in [0, 0.1) is 5.82 Å². The standard InChI is InChI=1S/C11H5BrCl2FN3O/c12-6-2-1-5(3-7(6)15)11(19)18-10-8(13)9(14)16-4-17-10/h1-4H,(H,16,17,18,19). The minimum Gasteiger partial charge on any atom is -0.305 e. The number of nitrogens with zero attached hydrogens (tertiary/aromatic N) is 2. The third kappa shape index (κ3) is 3.20. The van der Waals surface area contributed by atoms with Gasteiger partial charge in [-0.3, -0.25) is 4.79 Å². The van der Waals surface area contributed by atoms with Crippen LogP contribution in [-0.2, 0) is 0 Å². The summed E-state index contributed by atoms with van der Waals surface area (Å²) in [5.74, 6) is -1.03. The van der Waals surface area contributed by atoms with E-state index in [1.807, 2.05) is 0 Å². The molecule has 19 heavy (non-hydrogen) atoms. The van der Waals surface area contributed by atoms with Gasteiger partial charge >= 0.3 is 0 Å². The zero-order valence-electron chi connectivity index (χ0n) is 9.12. The number of benzene rings is 1. The van der Waals surface area contributed by atoms with Gasteiger partial charge in [-0.2, -0.15) is 0 Å². The Kier molecular flexibility index (Phi) is 4.34. The summed E-state index contributed by atoms with van der Waals surface area (Å²) in [6.07, 6.45) is 1.16. The molecular formula is C11H5BrCl2FN3O. The molecule has 2 rings (SSSR count). The van der Waals surface area contributed by atoms with Gasteiger partial charge in [-0.25, -0.2) is 14.4 Å². The van der Waals surface area contributed by atoms with Crippen LogP contribution in [0.2, 0.25) is 10.2 Å². The average Bonchev–Trinajstić information content (AvgIpc) is 2.38. The predicted molar refractivity (Wildman–Crippen MR) is 74.1 cm³/mol. The van der Waals surface area contributed by atoms with Crippen LogP contribution in [0.3, 0.4) is 0 Å². The number of nitrogens with one attached hydrogen (secondary N) is 1. The molecule has 0 aliphatic carbocycles. The molecule has 0 saturated heterocycles. The van der Waals surface area contributed by atoms with Crippen molar-refractivity contribution in [1.82, 2.24) is 9.97 Å². The van der Waals surface area contributed by atoms with Crippen molar-refractivity contribution in [3.8, 4) is 0 Å². The number of halogens is 4. The van der Waals surface area contributed by atoms with E-state index < -0.39 is 11.7 Å². The van der Waals surface area contributed by atoms with Crippen LogP contribution in [0.4, 0.5) is 10.2 Å². The van der Waals surface area contributed by atoms with Gasteiger partial charge in [0.05, 0.1) is 4.47 Å². The van der Waals surface area contributed by atoms with Gasteiger partial charge in [0.25, 0.3) is 5.91 Å². The minimum atomic E-state index is -0.553. The van der Waals surface area contributed by atoms with E-state index in [0.29, 0.717) is 0 Å². The predicted octanol–water partition coefficient (Wildman–Crippen LogP) is 3.94. The first-order valence-corrected chi connectivity index (χ1v) is 6.46. The molecule has 0 saturated carbocycles. The highest BCUT2D eigenvalue weighted by atomic mass is 79.9. The van der Waals surface area contributed by atoms with Crippen LogP contribution in [0.25, 0.3) is 0 Å². The summed E-state index contributed by atoms with van der Waals surface area (Å²) in [5.41, 5.74) is 0.131. The molecular weight excluding hydrogens is 360 g/mol. The van der Waals surface area contributed by atoms with Crippen molar-refractivity contribution < 1.29 is 9.18 Å². The molecule has 8 heteroatoms. The Balaban J connectivity index is 2.26. The molecule has 0 radical (unpaired) electrons. The van der Waals surface area contributed by atoms with Crippen molar-refractivity contribution in [2.45, 2.75) is 0 Å². The SMILES string of the molecule is O=C(Nc1ncnc(Cl)c1Cl)c1ccc(Br)c(F)c1. The lowest BCUT2D eigenvalue weighted by Crippen LogP contribution is -2.13. The Bertz CT molecular complexity index is 654. The Morgan fingerprint density at radius 2 is 2.05 bits per heavy atom. The number of hydrogen-bond donors (Lipinski definition) is 1. The number of anilines is 1. The fraction of sp³-hybridized carbons (Fsp3) is 0. The van der Waals surface area contributed by atoms with E-state index in [1.165, 1.54) is 12.1 Å². The molecule has 0 atom stereocenters. The Labute approximate surface area is 126 Å². The Morgan fingerprint density at radius 1 is 1.32 bits per heavy atom. The first-order chi connectivity index (χ1) is 8.99. The topological polar surface area (TPSA) is 54.9 Å². The van der Waals surface area contributed by atoms with Crippen LogP contribution < -0.4 is 5.32 Å². The minimum absolute atomic E-state index is 0.0222. The number of aromatic nitrogens is 2. The maximum Gasteiger partial charge on any atom is 0.256 e. The van der Waals surface area contributed by atoms with Crippen molar-refractivity contribution in [2.75, 3.05) is 5.32 Å². The lowest BCUT2D eigenvalue weighted by atomic mass is 10.2. The van der Waals surface area contributed by atoms with Crippen LogP contribution in [0.5, 0.6) is 0 Å². The van der Waals surface area contributed by atoms with Crippen molar-refractivity contribution in [3.63, 3.8) is 0 Å². The van der Waals surface area contributed by atoms with Crippen LogP contribution in [0.15, 0.2) is 29.0 Å². The van der Waals surface area contributed by atoms with E-state index in [2.05, 4.69) is 31.2 Å². The molecule has 0 fully saturated rings. The summed E-state index contributed by atoms with van der Waals surface area (Å²) >= 11 is 14.5. The summed E-state index contributed by atoms with van der Waals surface area (Å²) in [6.45, 7) is 0. The number of carbonyl (C=O) groups is 1. The second-order valence-corrected chi connectivity index (χ2v) is 5.00. The summed E-state index contributed by atoms with van der Waals surface area (Å²) < 4.78 is 13.6. The van der Waals surface area contributed by atoms with Gasteiger partial charge in [-0.1, -0.05) is 23.2 Å². The van der Waals surface area contributed by atoms with Crippen molar-refractivity contribution in [2.24, 2.45) is 0 Å².